The second-order valence-electron chi connectivity index (χ2n) is 7.18. The third-order valence-corrected chi connectivity index (χ3v) is 4.23. The van der Waals surface area contributed by atoms with Crippen molar-refractivity contribution < 1.29 is 14.0 Å². The smallest absolute Gasteiger partial charge is 0.274 e. The molecule has 0 bridgehead atoms. The molecule has 1 heterocycles. The number of benzene rings is 1. The van der Waals surface area contributed by atoms with E-state index in [2.05, 4.69) is 29.1 Å². The third-order valence-electron chi connectivity index (χ3n) is 4.23. The van der Waals surface area contributed by atoms with Gasteiger partial charge in [0.15, 0.2) is 0 Å². The van der Waals surface area contributed by atoms with E-state index in [0.29, 0.717) is 18.2 Å². The van der Waals surface area contributed by atoms with E-state index in [1.54, 1.807) is 19.1 Å². The maximum Gasteiger partial charge on any atom is 0.274 e. The van der Waals surface area contributed by atoms with Crippen LogP contribution in [0.5, 0.6) is 0 Å². The molecule has 0 spiro atoms. The molecule has 2 aromatic rings. The Morgan fingerprint density at radius 3 is 2.46 bits per heavy atom. The number of halogens is 1. The van der Waals surface area contributed by atoms with Crippen molar-refractivity contribution in [1.82, 2.24) is 20.2 Å². The van der Waals surface area contributed by atoms with Crippen LogP contribution in [0.4, 0.5) is 4.39 Å². The lowest BCUT2D eigenvalue weighted by Crippen LogP contribution is -2.35. The van der Waals surface area contributed by atoms with Gasteiger partial charge in [-0.2, -0.15) is 0 Å². The quantitative estimate of drug-likeness (QED) is 0.718. The second kappa shape index (κ2) is 10.5. The highest BCUT2D eigenvalue weighted by molar-refractivity contribution is 5.92. The number of nitrogens with one attached hydrogen (secondary N) is 1. The maximum absolute atomic E-state index is 13.2. The summed E-state index contributed by atoms with van der Waals surface area (Å²) in [7, 11) is 0. The monoisotopic (exact) mass is 386 g/mol. The van der Waals surface area contributed by atoms with Gasteiger partial charge in [0.25, 0.3) is 5.91 Å². The highest BCUT2D eigenvalue weighted by Crippen LogP contribution is 2.11. The zero-order valence-corrected chi connectivity index (χ0v) is 16.6. The van der Waals surface area contributed by atoms with Crippen LogP contribution in [-0.2, 0) is 11.3 Å². The van der Waals surface area contributed by atoms with Crippen molar-refractivity contribution in [3.63, 3.8) is 0 Å². The number of aromatic nitrogens is 2. The van der Waals surface area contributed by atoms with Crippen molar-refractivity contribution in [1.29, 1.82) is 0 Å². The Hall–Kier alpha value is -2.83. The van der Waals surface area contributed by atoms with E-state index in [4.69, 9.17) is 0 Å². The molecule has 0 aliphatic carbocycles. The number of hydrogen-bond acceptors (Lipinski definition) is 4. The molecule has 1 N–H and O–H groups in total. The van der Waals surface area contributed by atoms with Gasteiger partial charge < -0.3 is 10.2 Å². The number of aryl methyl sites for hydroxylation is 1. The first-order valence-corrected chi connectivity index (χ1v) is 9.44. The standard InChI is InChI=1S/C21H27FN4O2/c1-15(2)8-10-23-20(27)9-11-26(14-17-4-6-18(22)7-5-17)21(28)19-13-24-16(3)12-25-19/h4-7,12-13,15H,8-11,14H2,1-3H3,(H,23,27). The Bertz CT molecular complexity index is 776. The van der Waals surface area contributed by atoms with Crippen molar-refractivity contribution in [2.24, 2.45) is 5.92 Å². The van der Waals surface area contributed by atoms with E-state index >= 15 is 0 Å². The maximum atomic E-state index is 13.2. The fourth-order valence-electron chi connectivity index (χ4n) is 2.55. The summed E-state index contributed by atoms with van der Waals surface area (Å²) in [6, 6.07) is 5.95. The molecular formula is C21H27FN4O2. The van der Waals surface area contributed by atoms with Gasteiger partial charge in [-0.15, -0.1) is 0 Å². The highest BCUT2D eigenvalue weighted by Gasteiger charge is 2.19. The van der Waals surface area contributed by atoms with Crippen LogP contribution in [0, 0.1) is 18.7 Å². The van der Waals surface area contributed by atoms with Crippen molar-refractivity contribution in [3.8, 4) is 0 Å². The third kappa shape index (κ3) is 7.06. The van der Waals surface area contributed by atoms with Crippen LogP contribution >= 0.6 is 0 Å². The summed E-state index contributed by atoms with van der Waals surface area (Å²) in [4.78, 5) is 34.8. The van der Waals surface area contributed by atoms with Gasteiger partial charge in [0, 0.05) is 32.3 Å². The zero-order valence-electron chi connectivity index (χ0n) is 16.6. The number of rotatable bonds is 9. The van der Waals surface area contributed by atoms with Gasteiger partial charge in [-0.25, -0.2) is 9.37 Å². The fraction of sp³-hybridized carbons (Fsp3) is 0.429. The molecule has 0 saturated heterocycles. The van der Waals surface area contributed by atoms with E-state index in [0.717, 1.165) is 12.0 Å². The van der Waals surface area contributed by atoms with Gasteiger partial charge in [-0.3, -0.25) is 14.6 Å². The van der Waals surface area contributed by atoms with Gasteiger partial charge in [0.05, 0.1) is 11.9 Å². The summed E-state index contributed by atoms with van der Waals surface area (Å²) in [6.45, 7) is 7.09. The molecule has 150 valence electrons. The Labute approximate surface area is 165 Å². The molecule has 0 aliphatic rings. The predicted octanol–water partition coefficient (Wildman–Crippen LogP) is 3.12. The summed E-state index contributed by atoms with van der Waals surface area (Å²) in [5.41, 5.74) is 1.70. The summed E-state index contributed by atoms with van der Waals surface area (Å²) in [5, 5.41) is 2.87. The molecule has 2 amide bonds. The van der Waals surface area contributed by atoms with Gasteiger partial charge in [-0.1, -0.05) is 26.0 Å². The Kier molecular flexibility index (Phi) is 8.04. The minimum absolute atomic E-state index is 0.104. The van der Waals surface area contributed by atoms with Crippen LogP contribution in [0.1, 0.15) is 48.4 Å². The van der Waals surface area contributed by atoms with Gasteiger partial charge in [0.2, 0.25) is 5.91 Å². The molecule has 7 heteroatoms. The van der Waals surface area contributed by atoms with E-state index in [9.17, 15) is 14.0 Å². The topological polar surface area (TPSA) is 75.2 Å². The lowest BCUT2D eigenvalue weighted by Gasteiger charge is -2.22. The predicted molar refractivity (Wildman–Crippen MR) is 105 cm³/mol. The highest BCUT2D eigenvalue weighted by atomic mass is 19.1. The molecule has 6 nitrogen and oxygen atoms in total. The summed E-state index contributed by atoms with van der Waals surface area (Å²) in [6.07, 6.45) is 4.05. The van der Waals surface area contributed by atoms with Crippen LogP contribution < -0.4 is 5.32 Å². The van der Waals surface area contributed by atoms with E-state index in [-0.39, 0.29) is 42.8 Å². The Balaban J connectivity index is 2.04. The summed E-state index contributed by atoms with van der Waals surface area (Å²) in [5.74, 6) is -0.244. The Morgan fingerprint density at radius 2 is 1.86 bits per heavy atom. The van der Waals surface area contributed by atoms with Crippen LogP contribution in [0.3, 0.4) is 0 Å². The molecule has 2 rings (SSSR count). The Morgan fingerprint density at radius 1 is 1.14 bits per heavy atom. The normalized spacial score (nSPS) is 10.8. The molecule has 0 atom stereocenters. The molecular weight excluding hydrogens is 359 g/mol. The lowest BCUT2D eigenvalue weighted by atomic mass is 10.1. The first-order valence-electron chi connectivity index (χ1n) is 9.44. The van der Waals surface area contributed by atoms with Gasteiger partial charge in [0.1, 0.15) is 11.5 Å². The van der Waals surface area contributed by atoms with E-state index in [1.807, 2.05) is 0 Å². The first kappa shape index (κ1) is 21.5. The molecule has 28 heavy (non-hydrogen) atoms. The average Bonchev–Trinajstić information content (AvgIpc) is 2.66. The minimum atomic E-state index is -0.337. The van der Waals surface area contributed by atoms with Crippen LogP contribution in [-0.4, -0.2) is 39.8 Å². The van der Waals surface area contributed by atoms with Crippen LogP contribution in [0.2, 0.25) is 0 Å². The summed E-state index contributed by atoms with van der Waals surface area (Å²) >= 11 is 0. The summed E-state index contributed by atoms with van der Waals surface area (Å²) < 4.78 is 13.2. The van der Waals surface area contributed by atoms with Gasteiger partial charge >= 0.3 is 0 Å². The van der Waals surface area contributed by atoms with Crippen molar-refractivity contribution in [3.05, 3.63) is 59.4 Å². The molecule has 0 saturated carbocycles. The fourth-order valence-corrected chi connectivity index (χ4v) is 2.55. The second-order valence-corrected chi connectivity index (χ2v) is 7.18. The molecule has 0 aliphatic heterocycles. The number of carbonyl (C=O) groups excluding carboxylic acids is 2. The van der Waals surface area contributed by atoms with Crippen molar-refractivity contribution >= 4 is 11.8 Å². The van der Waals surface area contributed by atoms with E-state index in [1.165, 1.54) is 29.4 Å². The molecule has 1 aromatic heterocycles. The largest absolute Gasteiger partial charge is 0.356 e. The SMILES string of the molecule is Cc1cnc(C(=O)N(CCC(=O)NCCC(C)C)Cc2ccc(F)cc2)cn1. The van der Waals surface area contributed by atoms with Gasteiger partial charge in [-0.05, 0) is 37.0 Å². The molecule has 1 aromatic carbocycles. The number of carbonyl (C=O) groups is 2. The van der Waals surface area contributed by atoms with Crippen LogP contribution in [0.25, 0.3) is 0 Å². The van der Waals surface area contributed by atoms with E-state index < -0.39 is 0 Å². The molecule has 0 unspecified atom stereocenters. The van der Waals surface area contributed by atoms with Crippen molar-refractivity contribution in [2.45, 2.75) is 40.2 Å². The number of nitrogens with zero attached hydrogens (tertiary/aromatic N) is 3. The average molecular weight is 386 g/mol. The lowest BCUT2D eigenvalue weighted by molar-refractivity contribution is -0.121. The molecule has 0 fully saturated rings. The minimum Gasteiger partial charge on any atom is -0.356 e. The first-order chi connectivity index (χ1) is 13.3. The zero-order chi connectivity index (χ0) is 20.5. The molecule has 0 radical (unpaired) electrons. The number of hydrogen-bond donors (Lipinski definition) is 1. The number of amides is 2. The van der Waals surface area contributed by atoms with Crippen LogP contribution in [0.15, 0.2) is 36.7 Å². The van der Waals surface area contributed by atoms with Crippen molar-refractivity contribution in [2.75, 3.05) is 13.1 Å².